The highest BCUT2D eigenvalue weighted by Crippen LogP contribution is 2.44. The second-order valence-corrected chi connectivity index (χ2v) is 9.69. The largest absolute Gasteiger partial charge is 0.492 e. The van der Waals surface area contributed by atoms with Gasteiger partial charge in [0.1, 0.15) is 18.3 Å². The van der Waals surface area contributed by atoms with Crippen LogP contribution in [0.2, 0.25) is 0 Å². The van der Waals surface area contributed by atoms with E-state index in [1.165, 1.54) is 28.7 Å². The Bertz CT molecular complexity index is 1320. The van der Waals surface area contributed by atoms with Crippen LogP contribution in [0, 0.1) is 0 Å². The van der Waals surface area contributed by atoms with Gasteiger partial charge in [0.25, 0.3) is 0 Å². The van der Waals surface area contributed by atoms with Crippen molar-refractivity contribution in [2.75, 3.05) is 42.6 Å². The third-order valence-electron chi connectivity index (χ3n) is 7.23. The fourth-order valence-electron chi connectivity index (χ4n) is 5.25. The van der Waals surface area contributed by atoms with Crippen molar-refractivity contribution in [2.24, 2.45) is 0 Å². The lowest BCUT2D eigenvalue weighted by Crippen LogP contribution is -2.39. The number of para-hydroxylation sites is 1. The number of anilines is 3. The molecule has 1 fully saturated rings. The van der Waals surface area contributed by atoms with E-state index in [1.807, 2.05) is 0 Å². The van der Waals surface area contributed by atoms with Crippen molar-refractivity contribution in [3.8, 4) is 5.75 Å². The molecule has 9 heteroatoms. The SMILES string of the molecule is CCN1C(=O)C(c2ccc(OCCN3CCCC3)cc2)C(=O)N(c2ccccc2)c2cc(C(F)(F)F)ccc21. The highest BCUT2D eigenvalue weighted by molar-refractivity contribution is 6.23. The summed E-state index contributed by atoms with van der Waals surface area (Å²) >= 11 is 0. The monoisotopic (exact) mass is 537 g/mol. The Kier molecular flexibility index (Phi) is 7.61. The van der Waals surface area contributed by atoms with Crippen LogP contribution in [-0.4, -0.2) is 49.5 Å². The molecule has 3 aromatic rings. The van der Waals surface area contributed by atoms with Gasteiger partial charge in [-0.1, -0.05) is 30.3 Å². The first-order valence-corrected chi connectivity index (χ1v) is 13.1. The van der Waals surface area contributed by atoms with Gasteiger partial charge in [0, 0.05) is 18.8 Å². The van der Waals surface area contributed by atoms with E-state index in [4.69, 9.17) is 4.74 Å². The zero-order valence-corrected chi connectivity index (χ0v) is 21.7. The third kappa shape index (κ3) is 5.49. The van der Waals surface area contributed by atoms with Crippen molar-refractivity contribution >= 4 is 28.9 Å². The molecule has 0 aliphatic carbocycles. The number of hydrogen-bond acceptors (Lipinski definition) is 4. The Hall–Kier alpha value is -3.85. The Morgan fingerprint density at radius 1 is 0.872 bits per heavy atom. The van der Waals surface area contributed by atoms with Crippen LogP contribution < -0.4 is 14.5 Å². The van der Waals surface area contributed by atoms with Gasteiger partial charge >= 0.3 is 6.18 Å². The number of carbonyl (C=O) groups is 2. The molecule has 0 radical (unpaired) electrons. The van der Waals surface area contributed by atoms with E-state index >= 15 is 0 Å². The molecule has 3 aromatic carbocycles. The maximum atomic E-state index is 14.1. The lowest BCUT2D eigenvalue weighted by atomic mass is 9.96. The number of hydrogen-bond donors (Lipinski definition) is 0. The summed E-state index contributed by atoms with van der Waals surface area (Å²) in [4.78, 5) is 32.9. The van der Waals surface area contributed by atoms with Gasteiger partial charge in [-0.05, 0) is 80.9 Å². The normalized spacial score (nSPS) is 18.3. The van der Waals surface area contributed by atoms with Gasteiger partial charge in [0.2, 0.25) is 11.8 Å². The first-order chi connectivity index (χ1) is 18.8. The molecule has 0 N–H and O–H groups in total. The van der Waals surface area contributed by atoms with Crippen molar-refractivity contribution in [1.82, 2.24) is 4.90 Å². The zero-order chi connectivity index (χ0) is 27.6. The Morgan fingerprint density at radius 3 is 2.21 bits per heavy atom. The minimum absolute atomic E-state index is 0.0144. The summed E-state index contributed by atoms with van der Waals surface area (Å²) in [5, 5.41) is 0. The molecular formula is C30H30F3N3O3. The Morgan fingerprint density at radius 2 is 1.56 bits per heavy atom. The molecule has 1 atom stereocenters. The molecule has 2 heterocycles. The molecule has 2 amide bonds. The van der Waals surface area contributed by atoms with E-state index in [9.17, 15) is 22.8 Å². The summed E-state index contributed by atoms with van der Waals surface area (Å²) in [7, 11) is 0. The summed E-state index contributed by atoms with van der Waals surface area (Å²) in [5.41, 5.74) is 0.186. The Balaban J connectivity index is 1.51. The van der Waals surface area contributed by atoms with Gasteiger partial charge in [0.05, 0.1) is 16.9 Å². The third-order valence-corrected chi connectivity index (χ3v) is 7.23. The predicted molar refractivity (Wildman–Crippen MR) is 143 cm³/mol. The molecule has 0 spiro atoms. The number of amides is 2. The van der Waals surface area contributed by atoms with E-state index in [0.29, 0.717) is 23.6 Å². The molecule has 2 aliphatic rings. The second-order valence-electron chi connectivity index (χ2n) is 9.69. The van der Waals surface area contributed by atoms with E-state index in [2.05, 4.69) is 4.90 Å². The number of nitrogens with zero attached hydrogens (tertiary/aromatic N) is 3. The molecule has 5 rings (SSSR count). The summed E-state index contributed by atoms with van der Waals surface area (Å²) < 4.78 is 47.0. The van der Waals surface area contributed by atoms with Crippen molar-refractivity contribution in [3.05, 3.63) is 83.9 Å². The maximum Gasteiger partial charge on any atom is 0.416 e. The lowest BCUT2D eigenvalue weighted by molar-refractivity contribution is -0.137. The number of ether oxygens (including phenoxy) is 1. The predicted octanol–water partition coefficient (Wildman–Crippen LogP) is 6.00. The second kappa shape index (κ2) is 11.1. The lowest BCUT2D eigenvalue weighted by Gasteiger charge is -2.26. The standard InChI is InChI=1S/C30H30F3N3O3/c1-2-35-25-15-12-22(30(31,32)33)20-26(25)36(23-8-4-3-5-9-23)29(38)27(28(35)37)21-10-13-24(14-11-21)39-19-18-34-16-6-7-17-34/h3-5,8-15,20,27H,2,6-7,16-19H2,1H3. The average molecular weight is 538 g/mol. The quantitative estimate of drug-likeness (QED) is 0.347. The smallest absolute Gasteiger partial charge is 0.416 e. The van der Waals surface area contributed by atoms with Crippen LogP contribution in [0.4, 0.5) is 30.2 Å². The van der Waals surface area contributed by atoms with Crippen LogP contribution in [0.1, 0.15) is 36.8 Å². The van der Waals surface area contributed by atoms with E-state index in [-0.39, 0.29) is 17.9 Å². The number of benzene rings is 3. The number of likely N-dealkylation sites (tertiary alicyclic amines) is 1. The van der Waals surface area contributed by atoms with Crippen LogP contribution in [-0.2, 0) is 15.8 Å². The fraction of sp³-hybridized carbons (Fsp3) is 0.333. The van der Waals surface area contributed by atoms with Crippen LogP contribution in [0.25, 0.3) is 0 Å². The molecular weight excluding hydrogens is 507 g/mol. The Labute approximate surface area is 225 Å². The summed E-state index contributed by atoms with van der Waals surface area (Å²) in [6, 6.07) is 18.4. The molecule has 1 unspecified atom stereocenters. The van der Waals surface area contributed by atoms with Crippen molar-refractivity contribution in [1.29, 1.82) is 0 Å². The maximum absolute atomic E-state index is 14.1. The van der Waals surface area contributed by atoms with E-state index in [1.54, 1.807) is 61.5 Å². The molecule has 2 aliphatic heterocycles. The molecule has 1 saturated heterocycles. The molecule has 0 aromatic heterocycles. The number of fused-ring (bicyclic) bond motifs is 1. The first-order valence-electron chi connectivity index (χ1n) is 13.1. The fourth-order valence-corrected chi connectivity index (χ4v) is 5.25. The van der Waals surface area contributed by atoms with Crippen molar-refractivity contribution < 1.29 is 27.5 Å². The zero-order valence-electron chi connectivity index (χ0n) is 21.7. The molecule has 0 saturated carbocycles. The topological polar surface area (TPSA) is 53.1 Å². The molecule has 0 bridgehead atoms. The van der Waals surface area contributed by atoms with Crippen LogP contribution >= 0.6 is 0 Å². The van der Waals surface area contributed by atoms with Gasteiger partial charge in [-0.25, -0.2) is 0 Å². The number of carbonyl (C=O) groups excluding carboxylic acids is 2. The van der Waals surface area contributed by atoms with Gasteiger partial charge in [-0.3, -0.25) is 19.4 Å². The number of halogens is 3. The van der Waals surface area contributed by atoms with Crippen LogP contribution in [0.15, 0.2) is 72.8 Å². The van der Waals surface area contributed by atoms with E-state index in [0.717, 1.165) is 31.8 Å². The summed E-state index contributed by atoms with van der Waals surface area (Å²) in [5.74, 6) is -1.74. The molecule has 204 valence electrons. The van der Waals surface area contributed by atoms with Crippen molar-refractivity contribution in [2.45, 2.75) is 31.9 Å². The minimum atomic E-state index is -4.61. The van der Waals surface area contributed by atoms with Crippen LogP contribution in [0.3, 0.4) is 0 Å². The highest BCUT2D eigenvalue weighted by atomic mass is 19.4. The van der Waals surface area contributed by atoms with Gasteiger partial charge in [-0.15, -0.1) is 0 Å². The number of likely N-dealkylation sites (N-methyl/N-ethyl adjacent to an activating group) is 1. The van der Waals surface area contributed by atoms with Crippen molar-refractivity contribution in [3.63, 3.8) is 0 Å². The molecule has 6 nitrogen and oxygen atoms in total. The number of alkyl halides is 3. The number of rotatable bonds is 7. The van der Waals surface area contributed by atoms with Gasteiger partial charge < -0.3 is 9.64 Å². The minimum Gasteiger partial charge on any atom is -0.492 e. The average Bonchev–Trinajstić information content (AvgIpc) is 3.42. The highest BCUT2D eigenvalue weighted by Gasteiger charge is 2.42. The summed E-state index contributed by atoms with van der Waals surface area (Å²) in [6.45, 7) is 5.43. The van der Waals surface area contributed by atoms with E-state index < -0.39 is 29.5 Å². The molecule has 39 heavy (non-hydrogen) atoms. The van der Waals surface area contributed by atoms with Gasteiger partial charge in [0.15, 0.2) is 0 Å². The first kappa shape index (κ1) is 26.7. The van der Waals surface area contributed by atoms with Gasteiger partial charge in [-0.2, -0.15) is 13.2 Å². The summed E-state index contributed by atoms with van der Waals surface area (Å²) in [6.07, 6.45) is -2.21. The van der Waals surface area contributed by atoms with Crippen LogP contribution in [0.5, 0.6) is 5.75 Å².